The van der Waals surface area contributed by atoms with Crippen LogP contribution in [-0.2, 0) is 26.2 Å². The first-order chi connectivity index (χ1) is 20.1. The summed E-state index contributed by atoms with van der Waals surface area (Å²) in [6.45, 7) is 8.04. The molecule has 0 aliphatic heterocycles. The molecule has 3 rings (SSSR count). The number of anilines is 1. The first-order valence-electron chi connectivity index (χ1n) is 14.2. The lowest BCUT2D eigenvalue weighted by Crippen LogP contribution is -2.52. The Morgan fingerprint density at radius 1 is 0.929 bits per heavy atom. The first kappa shape index (κ1) is 32.5. The molecule has 0 heterocycles. The van der Waals surface area contributed by atoms with Gasteiger partial charge in [-0.3, -0.25) is 13.9 Å². The molecule has 0 bridgehead atoms. The Kier molecular flexibility index (Phi) is 11.8. The number of nitrogens with zero attached hydrogens (tertiary/aromatic N) is 2. The minimum absolute atomic E-state index is 0.0198. The van der Waals surface area contributed by atoms with Crippen molar-refractivity contribution in [1.82, 2.24) is 10.2 Å². The van der Waals surface area contributed by atoms with E-state index < -0.39 is 28.5 Å². The molecule has 9 nitrogen and oxygen atoms in total. The molecule has 0 aliphatic carbocycles. The van der Waals surface area contributed by atoms with Crippen LogP contribution in [0.3, 0.4) is 0 Å². The van der Waals surface area contributed by atoms with Gasteiger partial charge in [0.15, 0.2) is 0 Å². The van der Waals surface area contributed by atoms with E-state index in [1.54, 1.807) is 55.6 Å². The van der Waals surface area contributed by atoms with Crippen molar-refractivity contribution in [1.29, 1.82) is 0 Å². The van der Waals surface area contributed by atoms with Gasteiger partial charge in [-0.15, -0.1) is 0 Å². The maximum atomic E-state index is 14.1. The molecule has 226 valence electrons. The highest BCUT2D eigenvalue weighted by molar-refractivity contribution is 7.92. The Morgan fingerprint density at radius 3 is 2.21 bits per heavy atom. The highest BCUT2D eigenvalue weighted by atomic mass is 32.2. The predicted octanol–water partition coefficient (Wildman–Crippen LogP) is 4.93. The van der Waals surface area contributed by atoms with Crippen LogP contribution in [0.2, 0.25) is 0 Å². The summed E-state index contributed by atoms with van der Waals surface area (Å²) in [6, 6.07) is 19.5. The van der Waals surface area contributed by atoms with Crippen LogP contribution in [0.4, 0.5) is 5.69 Å². The van der Waals surface area contributed by atoms with Crippen LogP contribution in [0, 0.1) is 6.92 Å². The number of amides is 2. The van der Waals surface area contributed by atoms with Crippen LogP contribution in [0.15, 0.2) is 77.7 Å². The molecule has 0 spiro atoms. The molecule has 42 heavy (non-hydrogen) atoms. The van der Waals surface area contributed by atoms with Crippen LogP contribution >= 0.6 is 0 Å². The fourth-order valence-electron chi connectivity index (χ4n) is 4.49. The van der Waals surface area contributed by atoms with Gasteiger partial charge in [0, 0.05) is 13.1 Å². The molecule has 0 saturated heterocycles. The van der Waals surface area contributed by atoms with Gasteiger partial charge in [0.05, 0.1) is 24.3 Å². The summed E-state index contributed by atoms with van der Waals surface area (Å²) in [5.74, 6) is 0.365. The number of nitrogens with one attached hydrogen (secondary N) is 1. The van der Waals surface area contributed by atoms with E-state index in [1.807, 2.05) is 39.8 Å². The topological polar surface area (TPSA) is 105 Å². The molecule has 1 N–H and O–H groups in total. The number of benzene rings is 3. The summed E-state index contributed by atoms with van der Waals surface area (Å²) in [5.41, 5.74) is 2.04. The second kappa shape index (κ2) is 15.3. The lowest BCUT2D eigenvalue weighted by atomic mass is 10.1. The molecular formula is C32H41N3O6S. The lowest BCUT2D eigenvalue weighted by molar-refractivity contribution is -0.140. The van der Waals surface area contributed by atoms with E-state index in [4.69, 9.17) is 9.47 Å². The van der Waals surface area contributed by atoms with Gasteiger partial charge >= 0.3 is 0 Å². The van der Waals surface area contributed by atoms with Crippen LogP contribution in [0.1, 0.15) is 44.7 Å². The van der Waals surface area contributed by atoms with Crippen molar-refractivity contribution in [3.63, 3.8) is 0 Å². The number of hydrogen-bond acceptors (Lipinski definition) is 6. The van der Waals surface area contributed by atoms with Crippen molar-refractivity contribution < 1.29 is 27.5 Å². The molecular weight excluding hydrogens is 554 g/mol. The normalized spacial score (nSPS) is 11.8. The van der Waals surface area contributed by atoms with Gasteiger partial charge in [-0.25, -0.2) is 8.42 Å². The van der Waals surface area contributed by atoms with Gasteiger partial charge in [-0.2, -0.15) is 0 Å². The standard InChI is InChI=1S/C32H41N3O6S/c1-6-20-33-32(37)30(7-2)34(22-25-10-9-11-28(21-25)40-5)31(36)23-35(26-14-12-24(4)13-15-26)42(38,39)29-18-16-27(17-19-29)41-8-3/h9-19,21,30H,6-8,20,22-23H2,1-5H3,(H,33,37)/t30-/m1/s1. The molecule has 0 aliphatic rings. The molecule has 0 unspecified atom stereocenters. The van der Waals surface area contributed by atoms with E-state index in [9.17, 15) is 18.0 Å². The molecule has 0 aromatic heterocycles. The largest absolute Gasteiger partial charge is 0.497 e. The molecule has 2 amide bonds. The van der Waals surface area contributed by atoms with Crippen LogP contribution in [0.5, 0.6) is 11.5 Å². The smallest absolute Gasteiger partial charge is 0.264 e. The maximum absolute atomic E-state index is 14.1. The fourth-order valence-corrected chi connectivity index (χ4v) is 5.91. The fraction of sp³-hybridized carbons (Fsp3) is 0.375. The average molecular weight is 596 g/mol. The van der Waals surface area contributed by atoms with Crippen molar-refractivity contribution in [3.05, 3.63) is 83.9 Å². The Labute approximate surface area is 249 Å². The van der Waals surface area contributed by atoms with Crippen molar-refractivity contribution in [2.45, 2.75) is 58.0 Å². The molecule has 10 heteroatoms. The second-order valence-corrected chi connectivity index (χ2v) is 11.7. The van der Waals surface area contributed by atoms with Gasteiger partial charge in [-0.1, -0.05) is 43.7 Å². The van der Waals surface area contributed by atoms with Crippen molar-refractivity contribution >= 4 is 27.5 Å². The Balaban J connectivity index is 2.04. The number of ether oxygens (including phenoxy) is 2. The van der Waals surface area contributed by atoms with Crippen LogP contribution < -0.4 is 19.1 Å². The quantitative estimate of drug-likeness (QED) is 0.267. The third-order valence-corrected chi connectivity index (χ3v) is 8.53. The zero-order chi connectivity index (χ0) is 30.7. The number of hydrogen-bond donors (Lipinski definition) is 1. The molecule has 0 fully saturated rings. The summed E-state index contributed by atoms with van der Waals surface area (Å²) >= 11 is 0. The Bertz CT molecular complexity index is 1430. The zero-order valence-electron chi connectivity index (χ0n) is 25.0. The van der Waals surface area contributed by atoms with Crippen LogP contribution in [0.25, 0.3) is 0 Å². The van der Waals surface area contributed by atoms with Crippen LogP contribution in [-0.4, -0.2) is 58.0 Å². The number of carbonyl (C=O) groups excluding carboxylic acids is 2. The molecule has 0 radical (unpaired) electrons. The third-order valence-electron chi connectivity index (χ3n) is 6.75. The molecule has 0 saturated carbocycles. The lowest BCUT2D eigenvalue weighted by Gasteiger charge is -2.33. The van der Waals surface area contributed by atoms with Gasteiger partial charge in [-0.05, 0) is 80.8 Å². The monoisotopic (exact) mass is 595 g/mol. The number of sulfonamides is 1. The van der Waals surface area contributed by atoms with E-state index >= 15 is 0 Å². The van der Waals surface area contributed by atoms with Gasteiger partial charge in [0.25, 0.3) is 10.0 Å². The zero-order valence-corrected chi connectivity index (χ0v) is 25.8. The summed E-state index contributed by atoms with van der Waals surface area (Å²) in [4.78, 5) is 28.8. The van der Waals surface area contributed by atoms with E-state index in [-0.39, 0.29) is 17.3 Å². The van der Waals surface area contributed by atoms with Gasteiger partial charge < -0.3 is 19.7 Å². The summed E-state index contributed by atoms with van der Waals surface area (Å²) in [7, 11) is -2.61. The van der Waals surface area contributed by atoms with E-state index in [0.717, 1.165) is 21.9 Å². The molecule has 3 aromatic carbocycles. The van der Waals surface area contributed by atoms with Gasteiger partial charge in [0.1, 0.15) is 24.1 Å². The van der Waals surface area contributed by atoms with Crippen molar-refractivity contribution in [2.24, 2.45) is 0 Å². The first-order valence-corrected chi connectivity index (χ1v) is 15.6. The van der Waals surface area contributed by atoms with Crippen molar-refractivity contribution in [3.8, 4) is 11.5 Å². The number of carbonyl (C=O) groups is 2. The predicted molar refractivity (Wildman–Crippen MR) is 164 cm³/mol. The number of aryl methyl sites for hydroxylation is 1. The summed E-state index contributed by atoms with van der Waals surface area (Å²) in [6.07, 6.45) is 1.09. The summed E-state index contributed by atoms with van der Waals surface area (Å²) in [5, 5.41) is 2.89. The maximum Gasteiger partial charge on any atom is 0.264 e. The Morgan fingerprint density at radius 2 is 1.62 bits per heavy atom. The number of methoxy groups -OCH3 is 1. The second-order valence-electron chi connectivity index (χ2n) is 9.84. The minimum atomic E-state index is -4.17. The Hall–Kier alpha value is -4.05. The highest BCUT2D eigenvalue weighted by Gasteiger charge is 2.33. The average Bonchev–Trinajstić information content (AvgIpc) is 2.99. The summed E-state index contributed by atoms with van der Waals surface area (Å²) < 4.78 is 40.0. The van der Waals surface area contributed by atoms with Gasteiger partial charge in [0.2, 0.25) is 11.8 Å². The molecule has 3 aromatic rings. The SMILES string of the molecule is CCCNC(=O)[C@@H](CC)N(Cc1cccc(OC)c1)C(=O)CN(c1ccc(C)cc1)S(=O)(=O)c1ccc(OCC)cc1. The molecule has 1 atom stereocenters. The third kappa shape index (κ3) is 8.25. The van der Waals surface area contributed by atoms with E-state index in [2.05, 4.69) is 5.32 Å². The minimum Gasteiger partial charge on any atom is -0.497 e. The van der Waals surface area contributed by atoms with E-state index in [1.165, 1.54) is 17.0 Å². The van der Waals surface area contributed by atoms with E-state index in [0.29, 0.717) is 36.8 Å². The number of rotatable bonds is 15. The highest BCUT2D eigenvalue weighted by Crippen LogP contribution is 2.27. The van der Waals surface area contributed by atoms with Crippen molar-refractivity contribution in [2.75, 3.05) is 31.1 Å².